The van der Waals surface area contributed by atoms with E-state index in [0.717, 1.165) is 0 Å². The zero-order chi connectivity index (χ0) is 11.6. The van der Waals surface area contributed by atoms with Gasteiger partial charge in [-0.15, -0.1) is 0 Å². The smallest absolute Gasteiger partial charge is 0.333 e. The second-order valence-electron chi connectivity index (χ2n) is 3.41. The molecule has 4 nitrogen and oxygen atoms in total. The summed E-state index contributed by atoms with van der Waals surface area (Å²) < 4.78 is 25.5. The molecule has 0 fully saturated rings. The van der Waals surface area contributed by atoms with Crippen LogP contribution in [-0.2, 0) is 0 Å². The topological polar surface area (TPSA) is 46.9 Å². The van der Waals surface area contributed by atoms with Crippen LogP contribution in [0.4, 0.5) is 8.78 Å². The van der Waals surface area contributed by atoms with Gasteiger partial charge >= 0.3 is 6.55 Å². The molecule has 0 saturated heterocycles. The molecular formula is C9H13F2N3O. The lowest BCUT2D eigenvalue weighted by molar-refractivity contribution is 0.0507. The van der Waals surface area contributed by atoms with E-state index >= 15 is 0 Å². The third-order valence-corrected chi connectivity index (χ3v) is 1.99. The number of hydrogen-bond acceptors (Lipinski definition) is 2. The number of nitrogens with zero attached hydrogens (tertiary/aromatic N) is 2. The van der Waals surface area contributed by atoms with E-state index in [1.54, 1.807) is 0 Å². The third kappa shape index (κ3) is 2.31. The fourth-order valence-electron chi connectivity index (χ4n) is 1.14. The number of rotatable bonds is 3. The van der Waals surface area contributed by atoms with E-state index in [1.807, 2.05) is 13.8 Å². The normalized spacial score (nSPS) is 11.1. The molecule has 15 heavy (non-hydrogen) atoms. The molecule has 84 valence electrons. The summed E-state index contributed by atoms with van der Waals surface area (Å²) in [4.78, 5) is 11.3. The van der Waals surface area contributed by atoms with Crippen LogP contribution >= 0.6 is 0 Å². The summed E-state index contributed by atoms with van der Waals surface area (Å²) in [5, 5.41) is 5.98. The Balaban J connectivity index is 3.17. The average Bonchev–Trinajstić information content (AvgIpc) is 2.61. The van der Waals surface area contributed by atoms with E-state index in [-0.39, 0.29) is 11.6 Å². The van der Waals surface area contributed by atoms with Crippen molar-refractivity contribution in [1.29, 1.82) is 0 Å². The van der Waals surface area contributed by atoms with E-state index in [0.29, 0.717) is 10.4 Å². The molecule has 0 bridgehead atoms. The second kappa shape index (κ2) is 4.37. The van der Waals surface area contributed by atoms with E-state index in [2.05, 4.69) is 10.4 Å². The maximum Gasteiger partial charge on any atom is 0.333 e. The highest BCUT2D eigenvalue weighted by molar-refractivity contribution is 5.92. The van der Waals surface area contributed by atoms with Gasteiger partial charge in [-0.05, 0) is 12.0 Å². The van der Waals surface area contributed by atoms with Crippen molar-refractivity contribution in [2.24, 2.45) is 0 Å². The lowest BCUT2D eigenvalue weighted by atomic mass is 10.1. The zero-order valence-electron chi connectivity index (χ0n) is 8.79. The van der Waals surface area contributed by atoms with Gasteiger partial charge in [0, 0.05) is 7.05 Å². The van der Waals surface area contributed by atoms with Gasteiger partial charge in [0.15, 0.2) is 0 Å². The quantitative estimate of drug-likeness (QED) is 0.838. The van der Waals surface area contributed by atoms with Crippen LogP contribution in [0, 0.1) is 0 Å². The summed E-state index contributed by atoms with van der Waals surface area (Å²) in [6, 6.07) is 1.38. The van der Waals surface area contributed by atoms with E-state index in [1.165, 1.54) is 13.1 Å². The maximum absolute atomic E-state index is 12.5. The summed E-state index contributed by atoms with van der Waals surface area (Å²) in [5.41, 5.74) is 0.366. The van der Waals surface area contributed by atoms with Crippen LogP contribution in [0.3, 0.4) is 0 Å². The van der Waals surface area contributed by atoms with Crippen LogP contribution in [-0.4, -0.2) is 22.7 Å². The first-order valence-electron chi connectivity index (χ1n) is 4.57. The summed E-state index contributed by atoms with van der Waals surface area (Å²) in [7, 11) is 1.39. The molecule has 0 radical (unpaired) electrons. The summed E-state index contributed by atoms with van der Waals surface area (Å²) in [6.45, 7) is 0.849. The van der Waals surface area contributed by atoms with Crippen LogP contribution in [0.2, 0.25) is 0 Å². The average molecular weight is 217 g/mol. The van der Waals surface area contributed by atoms with Crippen molar-refractivity contribution in [3.8, 4) is 0 Å². The molecule has 6 heteroatoms. The van der Waals surface area contributed by atoms with Gasteiger partial charge in [-0.25, -0.2) is 0 Å². The van der Waals surface area contributed by atoms with Crippen molar-refractivity contribution in [2.45, 2.75) is 26.3 Å². The summed E-state index contributed by atoms with van der Waals surface area (Å²) in [6.07, 6.45) is 0. The molecule has 0 aliphatic carbocycles. The Morgan fingerprint density at radius 1 is 1.53 bits per heavy atom. The van der Waals surface area contributed by atoms with Gasteiger partial charge in [0.2, 0.25) is 0 Å². The van der Waals surface area contributed by atoms with Gasteiger partial charge in [-0.2, -0.15) is 18.6 Å². The van der Waals surface area contributed by atoms with Gasteiger partial charge in [-0.1, -0.05) is 13.8 Å². The SMILES string of the molecule is CNC(=O)c1cc(C(C)C)nn1C(F)F. The Bertz CT molecular complexity index is 360. The number of hydrogen-bond donors (Lipinski definition) is 1. The van der Waals surface area contributed by atoms with Crippen molar-refractivity contribution >= 4 is 5.91 Å². The van der Waals surface area contributed by atoms with Crippen molar-refractivity contribution in [3.63, 3.8) is 0 Å². The van der Waals surface area contributed by atoms with Crippen LogP contribution in [0.5, 0.6) is 0 Å². The Hall–Kier alpha value is -1.46. The lowest BCUT2D eigenvalue weighted by Crippen LogP contribution is -2.22. The molecule has 0 aliphatic rings. The van der Waals surface area contributed by atoms with Gasteiger partial charge < -0.3 is 5.32 Å². The number of amides is 1. The van der Waals surface area contributed by atoms with Crippen molar-refractivity contribution in [3.05, 3.63) is 17.5 Å². The van der Waals surface area contributed by atoms with Crippen molar-refractivity contribution in [2.75, 3.05) is 7.05 Å². The van der Waals surface area contributed by atoms with Crippen LogP contribution in [0.25, 0.3) is 0 Å². The lowest BCUT2D eigenvalue weighted by Gasteiger charge is -2.03. The molecule has 0 atom stereocenters. The minimum Gasteiger partial charge on any atom is -0.354 e. The molecule has 0 saturated carbocycles. The Morgan fingerprint density at radius 2 is 2.13 bits per heavy atom. The molecular weight excluding hydrogens is 204 g/mol. The molecule has 1 heterocycles. The Labute approximate surface area is 86.3 Å². The number of nitrogens with one attached hydrogen (secondary N) is 1. The number of carbonyl (C=O) groups excluding carboxylic acids is 1. The summed E-state index contributed by atoms with van der Waals surface area (Å²) in [5.74, 6) is -0.553. The fraction of sp³-hybridized carbons (Fsp3) is 0.556. The van der Waals surface area contributed by atoms with Gasteiger partial charge in [0.25, 0.3) is 5.91 Å². The molecule has 0 unspecified atom stereocenters. The molecule has 1 N–H and O–H groups in total. The molecule has 1 amide bonds. The number of carbonyl (C=O) groups is 1. The molecule has 1 aromatic rings. The maximum atomic E-state index is 12.5. The van der Waals surface area contributed by atoms with Crippen molar-refractivity contribution < 1.29 is 13.6 Å². The highest BCUT2D eigenvalue weighted by atomic mass is 19.3. The van der Waals surface area contributed by atoms with E-state index in [9.17, 15) is 13.6 Å². The number of halogens is 2. The molecule has 1 aromatic heterocycles. The molecule has 0 aromatic carbocycles. The Morgan fingerprint density at radius 3 is 2.53 bits per heavy atom. The third-order valence-electron chi connectivity index (χ3n) is 1.99. The van der Waals surface area contributed by atoms with Gasteiger partial charge in [0.05, 0.1) is 5.69 Å². The Kier molecular flexibility index (Phi) is 3.39. The molecule has 0 aliphatic heterocycles. The van der Waals surface area contributed by atoms with Gasteiger partial charge in [0.1, 0.15) is 5.69 Å². The largest absolute Gasteiger partial charge is 0.354 e. The predicted molar refractivity (Wildman–Crippen MR) is 51.0 cm³/mol. The van der Waals surface area contributed by atoms with E-state index < -0.39 is 12.5 Å². The highest BCUT2D eigenvalue weighted by Crippen LogP contribution is 2.19. The standard InChI is InChI=1S/C9H13F2N3O/c1-5(2)6-4-7(8(15)12-3)14(13-6)9(10)11/h4-5,9H,1-3H3,(H,12,15). The van der Waals surface area contributed by atoms with Gasteiger partial charge in [-0.3, -0.25) is 4.79 Å². The van der Waals surface area contributed by atoms with Crippen LogP contribution < -0.4 is 5.32 Å². The zero-order valence-corrected chi connectivity index (χ0v) is 8.79. The predicted octanol–water partition coefficient (Wildman–Crippen LogP) is 1.76. The summed E-state index contributed by atoms with van der Waals surface area (Å²) >= 11 is 0. The molecule has 1 rings (SSSR count). The van der Waals surface area contributed by atoms with Crippen LogP contribution in [0.1, 0.15) is 42.5 Å². The first-order valence-corrected chi connectivity index (χ1v) is 4.57. The fourth-order valence-corrected chi connectivity index (χ4v) is 1.14. The monoisotopic (exact) mass is 217 g/mol. The second-order valence-corrected chi connectivity index (χ2v) is 3.41. The first kappa shape index (κ1) is 11.6. The first-order chi connectivity index (χ1) is 6.97. The van der Waals surface area contributed by atoms with E-state index in [4.69, 9.17) is 0 Å². The minimum absolute atomic E-state index is 0.00778. The minimum atomic E-state index is -2.80. The van der Waals surface area contributed by atoms with Crippen LogP contribution in [0.15, 0.2) is 6.07 Å². The van der Waals surface area contributed by atoms with Crippen molar-refractivity contribution in [1.82, 2.24) is 15.1 Å². The molecule has 0 spiro atoms. The number of alkyl halides is 2. The highest BCUT2D eigenvalue weighted by Gasteiger charge is 2.20. The number of aromatic nitrogens is 2.